The lowest BCUT2D eigenvalue weighted by Gasteiger charge is -2.24. The lowest BCUT2D eigenvalue weighted by molar-refractivity contribution is -0.122. The van der Waals surface area contributed by atoms with Crippen LogP contribution in [0.25, 0.3) is 0 Å². The van der Waals surface area contributed by atoms with Crippen LogP contribution in [0.5, 0.6) is 5.75 Å². The molecule has 1 aliphatic rings. The van der Waals surface area contributed by atoms with Crippen molar-refractivity contribution in [3.63, 3.8) is 0 Å². The smallest absolute Gasteiger partial charge is 0.303 e. The first-order chi connectivity index (χ1) is 11.7. The van der Waals surface area contributed by atoms with E-state index in [0.29, 0.717) is 16.9 Å². The van der Waals surface area contributed by atoms with Crippen molar-refractivity contribution in [2.45, 2.75) is 31.8 Å². The van der Waals surface area contributed by atoms with Gasteiger partial charge in [0.15, 0.2) is 6.10 Å². The fourth-order valence-corrected chi connectivity index (χ4v) is 3.53. The van der Waals surface area contributed by atoms with Gasteiger partial charge in [-0.2, -0.15) is 0 Å². The fourth-order valence-electron chi connectivity index (χ4n) is 2.33. The highest BCUT2D eigenvalue weighted by molar-refractivity contribution is 7.90. The van der Waals surface area contributed by atoms with Crippen molar-refractivity contribution in [1.29, 1.82) is 0 Å². The summed E-state index contributed by atoms with van der Waals surface area (Å²) < 4.78 is 37.2. The number of benzene rings is 1. The van der Waals surface area contributed by atoms with E-state index in [-0.39, 0.29) is 22.3 Å². The molecule has 1 aromatic heterocycles. The van der Waals surface area contributed by atoms with Gasteiger partial charge in [-0.05, 0) is 32.4 Å². The van der Waals surface area contributed by atoms with E-state index >= 15 is 0 Å². The summed E-state index contributed by atoms with van der Waals surface area (Å²) in [6, 6.07) is 4.06. The third-order valence-corrected chi connectivity index (χ3v) is 5.05. The van der Waals surface area contributed by atoms with E-state index in [9.17, 15) is 18.0 Å². The lowest BCUT2D eigenvalue weighted by Crippen LogP contribution is -2.35. The van der Waals surface area contributed by atoms with E-state index < -0.39 is 22.0 Å². The zero-order valence-electron chi connectivity index (χ0n) is 13.6. The monoisotopic (exact) mass is 365 g/mol. The minimum atomic E-state index is -4.17. The summed E-state index contributed by atoms with van der Waals surface area (Å²) in [5.74, 6) is -1.26. The van der Waals surface area contributed by atoms with Crippen LogP contribution in [-0.4, -0.2) is 31.5 Å². The van der Waals surface area contributed by atoms with Gasteiger partial charge in [0, 0.05) is 12.1 Å². The maximum Gasteiger partial charge on any atom is 0.303 e. The Labute approximate surface area is 143 Å². The van der Waals surface area contributed by atoms with Gasteiger partial charge in [-0.25, -0.2) is 13.1 Å². The maximum absolute atomic E-state index is 12.5. The number of rotatable bonds is 3. The highest BCUT2D eigenvalue weighted by atomic mass is 32.2. The molecule has 132 valence electrons. The Morgan fingerprint density at radius 3 is 2.64 bits per heavy atom. The van der Waals surface area contributed by atoms with E-state index in [1.807, 2.05) is 4.72 Å². The molecule has 0 unspecified atom stereocenters. The molecule has 1 atom stereocenters. The minimum Gasteiger partial charge on any atom is -0.479 e. The summed E-state index contributed by atoms with van der Waals surface area (Å²) in [7, 11) is -4.17. The number of carbonyl (C=O) groups excluding carboxylic acids is 2. The average Bonchev–Trinajstić information content (AvgIpc) is 2.94. The number of nitrogens with zero attached hydrogens (tertiary/aromatic N) is 1. The number of ether oxygens (including phenoxy) is 1. The highest BCUT2D eigenvalue weighted by Gasteiger charge is 2.29. The van der Waals surface area contributed by atoms with Gasteiger partial charge < -0.3 is 14.6 Å². The number of hydrogen-bond donors (Lipinski definition) is 2. The van der Waals surface area contributed by atoms with Gasteiger partial charge in [0.05, 0.1) is 16.3 Å². The summed E-state index contributed by atoms with van der Waals surface area (Å²) in [5, 5.41) is 6.17. The standard InChI is InChI=1S/C15H15N3O6S/c1-7-4-10-11(23-9(3)14(19)16-10)6-13(7)25(21,22)18-15(20)12-5-8(2)17-24-12/h4-6,9H,1-3H3,(H,16,19)(H,18,20)/t9-/m1/s1. The molecule has 10 heteroatoms. The Morgan fingerprint density at radius 2 is 2.00 bits per heavy atom. The van der Waals surface area contributed by atoms with Crippen molar-refractivity contribution in [2.24, 2.45) is 0 Å². The number of fused-ring (bicyclic) bond motifs is 1. The summed E-state index contributed by atoms with van der Waals surface area (Å²) >= 11 is 0. The summed E-state index contributed by atoms with van der Waals surface area (Å²) in [6.07, 6.45) is -0.752. The number of carbonyl (C=O) groups is 2. The second kappa shape index (κ2) is 5.88. The predicted octanol–water partition coefficient (Wildman–Crippen LogP) is 1.13. The van der Waals surface area contributed by atoms with Gasteiger partial charge in [-0.1, -0.05) is 5.16 Å². The Bertz CT molecular complexity index is 979. The highest BCUT2D eigenvalue weighted by Crippen LogP contribution is 2.34. The Hall–Kier alpha value is -2.88. The van der Waals surface area contributed by atoms with Crippen LogP contribution in [0, 0.1) is 13.8 Å². The van der Waals surface area contributed by atoms with Crippen molar-refractivity contribution >= 4 is 27.5 Å². The number of nitrogens with one attached hydrogen (secondary N) is 2. The van der Waals surface area contributed by atoms with Gasteiger partial charge in [0.2, 0.25) is 5.76 Å². The molecule has 25 heavy (non-hydrogen) atoms. The molecule has 2 amide bonds. The summed E-state index contributed by atoms with van der Waals surface area (Å²) in [5.41, 5.74) is 1.16. The van der Waals surface area contributed by atoms with Crippen molar-refractivity contribution in [2.75, 3.05) is 5.32 Å². The first-order valence-corrected chi connectivity index (χ1v) is 8.78. The Balaban J connectivity index is 1.93. The van der Waals surface area contributed by atoms with Crippen LogP contribution in [-0.2, 0) is 14.8 Å². The molecule has 0 aliphatic carbocycles. The molecule has 2 N–H and O–H groups in total. The SMILES string of the molecule is Cc1cc(C(=O)NS(=O)(=O)c2cc3c(cc2C)NC(=O)[C@@H](C)O3)on1. The third-order valence-electron chi connectivity index (χ3n) is 3.58. The first kappa shape index (κ1) is 17.0. The molecule has 0 saturated heterocycles. The number of aromatic nitrogens is 1. The van der Waals surface area contributed by atoms with Gasteiger partial charge in [-0.15, -0.1) is 0 Å². The van der Waals surface area contributed by atoms with Gasteiger partial charge in [0.1, 0.15) is 5.75 Å². The van der Waals surface area contributed by atoms with E-state index in [2.05, 4.69) is 10.5 Å². The van der Waals surface area contributed by atoms with Crippen LogP contribution < -0.4 is 14.8 Å². The Morgan fingerprint density at radius 1 is 1.28 bits per heavy atom. The normalized spacial score (nSPS) is 16.6. The molecule has 0 fully saturated rings. The molecule has 0 radical (unpaired) electrons. The van der Waals surface area contributed by atoms with Crippen molar-refractivity contribution in [3.8, 4) is 5.75 Å². The van der Waals surface area contributed by atoms with E-state index in [0.717, 1.165) is 0 Å². The van der Waals surface area contributed by atoms with Gasteiger partial charge in [0.25, 0.3) is 15.9 Å². The molecular weight excluding hydrogens is 350 g/mol. The molecule has 2 heterocycles. The second-order valence-corrected chi connectivity index (χ2v) is 7.28. The molecular formula is C15H15N3O6S. The fraction of sp³-hybridized carbons (Fsp3) is 0.267. The predicted molar refractivity (Wildman–Crippen MR) is 85.8 cm³/mol. The van der Waals surface area contributed by atoms with Crippen LogP contribution in [0.15, 0.2) is 27.6 Å². The van der Waals surface area contributed by atoms with E-state index in [4.69, 9.17) is 9.26 Å². The van der Waals surface area contributed by atoms with Crippen LogP contribution in [0.3, 0.4) is 0 Å². The molecule has 1 aliphatic heterocycles. The summed E-state index contributed by atoms with van der Waals surface area (Å²) in [4.78, 5) is 23.5. The molecule has 2 aromatic rings. The van der Waals surface area contributed by atoms with Crippen LogP contribution >= 0.6 is 0 Å². The number of sulfonamides is 1. The van der Waals surface area contributed by atoms with E-state index in [1.54, 1.807) is 20.8 Å². The zero-order valence-corrected chi connectivity index (χ0v) is 14.4. The maximum atomic E-state index is 12.5. The third kappa shape index (κ3) is 3.20. The molecule has 0 spiro atoms. The first-order valence-electron chi connectivity index (χ1n) is 7.30. The van der Waals surface area contributed by atoms with Crippen molar-refractivity contribution in [3.05, 3.63) is 35.2 Å². The molecule has 9 nitrogen and oxygen atoms in total. The van der Waals surface area contributed by atoms with Crippen LogP contribution in [0.2, 0.25) is 0 Å². The number of amides is 2. The van der Waals surface area contributed by atoms with E-state index in [1.165, 1.54) is 18.2 Å². The van der Waals surface area contributed by atoms with Crippen molar-refractivity contribution in [1.82, 2.24) is 9.88 Å². The summed E-state index contributed by atoms with van der Waals surface area (Å²) in [6.45, 7) is 4.69. The molecule has 0 saturated carbocycles. The number of aryl methyl sites for hydroxylation is 2. The molecule has 0 bridgehead atoms. The topological polar surface area (TPSA) is 128 Å². The lowest BCUT2D eigenvalue weighted by atomic mass is 10.1. The average molecular weight is 365 g/mol. The van der Waals surface area contributed by atoms with Crippen LogP contribution in [0.1, 0.15) is 28.7 Å². The van der Waals surface area contributed by atoms with Gasteiger partial charge >= 0.3 is 5.91 Å². The zero-order chi connectivity index (χ0) is 18.4. The van der Waals surface area contributed by atoms with Crippen LogP contribution in [0.4, 0.5) is 5.69 Å². The number of anilines is 1. The largest absolute Gasteiger partial charge is 0.479 e. The van der Waals surface area contributed by atoms with Crippen molar-refractivity contribution < 1.29 is 27.3 Å². The Kier molecular flexibility index (Phi) is 3.99. The molecule has 3 rings (SSSR count). The second-order valence-electron chi connectivity index (χ2n) is 5.63. The quantitative estimate of drug-likeness (QED) is 0.834. The number of hydrogen-bond acceptors (Lipinski definition) is 7. The minimum absolute atomic E-state index is 0.140. The van der Waals surface area contributed by atoms with Gasteiger partial charge in [-0.3, -0.25) is 9.59 Å². The molecule has 1 aromatic carbocycles.